The first kappa shape index (κ1) is 14.2. The Morgan fingerprint density at radius 2 is 2.06 bits per heavy atom. The summed E-state index contributed by atoms with van der Waals surface area (Å²) in [6, 6.07) is -1.07. The summed E-state index contributed by atoms with van der Waals surface area (Å²) >= 11 is 1.74. The van der Waals surface area contributed by atoms with Crippen LogP contribution in [0.4, 0.5) is 4.79 Å². The van der Waals surface area contributed by atoms with E-state index in [0.29, 0.717) is 0 Å². The van der Waals surface area contributed by atoms with Crippen LogP contribution < -0.4 is 10.6 Å². The predicted octanol–water partition coefficient (Wildman–Crippen LogP) is 1.29. The molecule has 0 aliphatic heterocycles. The molecule has 1 aliphatic carbocycles. The van der Waals surface area contributed by atoms with Crippen molar-refractivity contribution in [3.8, 4) is 0 Å². The fourth-order valence-electron chi connectivity index (χ4n) is 1.55. The van der Waals surface area contributed by atoms with Crippen molar-refractivity contribution in [3.05, 3.63) is 0 Å². The van der Waals surface area contributed by atoms with E-state index in [-0.39, 0.29) is 18.0 Å². The molecule has 3 N–H and O–H groups in total. The predicted molar refractivity (Wildman–Crippen MR) is 68.3 cm³/mol. The monoisotopic (exact) mass is 260 g/mol. The molecule has 0 bridgehead atoms. The number of hydrogen-bond acceptors (Lipinski definition) is 3. The average Bonchev–Trinajstić information content (AvgIpc) is 3.06. The summed E-state index contributed by atoms with van der Waals surface area (Å²) in [5.41, 5.74) is 0. The van der Waals surface area contributed by atoms with Crippen LogP contribution >= 0.6 is 11.8 Å². The number of hydrogen-bond donors (Lipinski definition) is 3. The van der Waals surface area contributed by atoms with Crippen LogP contribution in [0.2, 0.25) is 0 Å². The minimum absolute atomic E-state index is 0.0496. The van der Waals surface area contributed by atoms with Crippen molar-refractivity contribution < 1.29 is 14.7 Å². The Labute approximate surface area is 106 Å². The molecule has 0 saturated heterocycles. The highest BCUT2D eigenvalue weighted by molar-refractivity contribution is 7.99. The van der Waals surface area contributed by atoms with Gasteiger partial charge < -0.3 is 15.7 Å². The molecule has 17 heavy (non-hydrogen) atoms. The smallest absolute Gasteiger partial charge is 0.326 e. The van der Waals surface area contributed by atoms with Gasteiger partial charge in [-0.3, -0.25) is 0 Å². The molecule has 98 valence electrons. The Kier molecular flexibility index (Phi) is 5.61. The lowest BCUT2D eigenvalue weighted by Crippen LogP contribution is -2.49. The molecule has 5 nitrogen and oxygen atoms in total. The van der Waals surface area contributed by atoms with E-state index in [2.05, 4.69) is 17.6 Å². The quantitative estimate of drug-likeness (QED) is 0.644. The number of aliphatic carboxylic acids is 1. The molecule has 1 rings (SSSR count). The minimum atomic E-state index is -0.946. The van der Waals surface area contributed by atoms with E-state index in [9.17, 15) is 9.59 Å². The van der Waals surface area contributed by atoms with E-state index >= 15 is 0 Å². The second kappa shape index (κ2) is 6.74. The minimum Gasteiger partial charge on any atom is -0.480 e. The zero-order chi connectivity index (χ0) is 12.8. The lowest BCUT2D eigenvalue weighted by atomic mass is 10.2. The molecule has 2 atom stereocenters. The first-order valence-corrected chi connectivity index (χ1v) is 7.07. The molecular weight excluding hydrogens is 240 g/mol. The van der Waals surface area contributed by atoms with Crippen molar-refractivity contribution in [3.63, 3.8) is 0 Å². The number of thioether (sulfide) groups is 1. The Balaban J connectivity index is 2.29. The van der Waals surface area contributed by atoms with Gasteiger partial charge in [0.25, 0.3) is 0 Å². The van der Waals surface area contributed by atoms with Crippen molar-refractivity contribution in [2.75, 3.05) is 11.5 Å². The summed E-state index contributed by atoms with van der Waals surface area (Å²) in [6.07, 6.45) is 1.77. The van der Waals surface area contributed by atoms with Crippen molar-refractivity contribution in [2.45, 2.75) is 38.8 Å². The fraction of sp³-hybridized carbons (Fsp3) is 0.818. The van der Waals surface area contributed by atoms with Crippen LogP contribution in [0.25, 0.3) is 0 Å². The van der Waals surface area contributed by atoms with Gasteiger partial charge in [0.05, 0.1) is 0 Å². The lowest BCUT2D eigenvalue weighted by molar-refractivity contribution is -0.139. The second-order valence-corrected chi connectivity index (χ2v) is 5.65. The van der Waals surface area contributed by atoms with E-state index in [1.54, 1.807) is 11.8 Å². The molecule has 0 radical (unpaired) electrons. The van der Waals surface area contributed by atoms with Gasteiger partial charge in [0.15, 0.2) is 0 Å². The van der Waals surface area contributed by atoms with Gasteiger partial charge in [-0.2, -0.15) is 11.8 Å². The highest BCUT2D eigenvalue weighted by atomic mass is 32.2. The molecule has 1 fully saturated rings. The lowest BCUT2D eigenvalue weighted by Gasteiger charge is -2.17. The maximum absolute atomic E-state index is 11.6. The molecule has 6 heteroatoms. The molecule has 2 unspecified atom stereocenters. The topological polar surface area (TPSA) is 78.4 Å². The van der Waals surface area contributed by atoms with E-state index in [1.165, 1.54) is 0 Å². The Morgan fingerprint density at radius 3 is 2.53 bits per heavy atom. The molecule has 0 spiro atoms. The average molecular weight is 260 g/mol. The molecular formula is C11H20N2O3S. The molecule has 1 aliphatic rings. The van der Waals surface area contributed by atoms with Crippen LogP contribution in [0.1, 0.15) is 26.7 Å². The van der Waals surface area contributed by atoms with Crippen LogP contribution in [0, 0.1) is 5.92 Å². The Bertz CT molecular complexity index is 282. The number of carboxylic acids is 1. The van der Waals surface area contributed by atoms with E-state index < -0.39 is 12.0 Å². The van der Waals surface area contributed by atoms with E-state index in [4.69, 9.17) is 5.11 Å². The zero-order valence-electron chi connectivity index (χ0n) is 10.2. The number of rotatable bonds is 7. The number of amides is 2. The van der Waals surface area contributed by atoms with Gasteiger partial charge in [-0.1, -0.05) is 6.92 Å². The number of urea groups is 1. The normalized spacial score (nSPS) is 18.2. The number of carbonyl (C=O) groups excluding carboxylic acids is 1. The number of carboxylic acid groups (broad SMARTS) is 1. The summed E-state index contributed by atoms with van der Waals surface area (Å²) in [6.45, 7) is 3.97. The molecule has 0 aromatic rings. The number of nitrogens with one attached hydrogen (secondary N) is 2. The molecule has 0 aromatic carbocycles. The Hall–Kier alpha value is -0.910. The first-order valence-electron chi connectivity index (χ1n) is 5.92. The van der Waals surface area contributed by atoms with Crippen LogP contribution in [0.15, 0.2) is 0 Å². The molecule has 2 amide bonds. The summed E-state index contributed by atoms with van der Waals surface area (Å²) in [5, 5.41) is 14.2. The highest BCUT2D eigenvalue weighted by Crippen LogP contribution is 2.32. The van der Waals surface area contributed by atoms with Crippen molar-refractivity contribution in [1.82, 2.24) is 10.6 Å². The van der Waals surface area contributed by atoms with Gasteiger partial charge in [-0.05, 0) is 31.4 Å². The van der Waals surface area contributed by atoms with E-state index in [1.807, 2.05) is 6.92 Å². The van der Waals surface area contributed by atoms with Crippen molar-refractivity contribution in [1.29, 1.82) is 0 Å². The van der Waals surface area contributed by atoms with Gasteiger partial charge in [0.2, 0.25) is 0 Å². The van der Waals surface area contributed by atoms with Crippen molar-refractivity contribution in [2.24, 2.45) is 5.92 Å². The zero-order valence-corrected chi connectivity index (χ0v) is 11.0. The highest BCUT2D eigenvalue weighted by Gasteiger charge is 2.37. The number of carbonyl (C=O) groups is 2. The maximum Gasteiger partial charge on any atom is 0.326 e. The second-order valence-electron chi connectivity index (χ2n) is 4.33. The first-order chi connectivity index (χ1) is 8.04. The van der Waals surface area contributed by atoms with Crippen LogP contribution in [0.5, 0.6) is 0 Å². The molecule has 0 heterocycles. The fourth-order valence-corrected chi connectivity index (χ4v) is 2.23. The largest absolute Gasteiger partial charge is 0.480 e. The van der Waals surface area contributed by atoms with Crippen LogP contribution in [-0.2, 0) is 4.79 Å². The van der Waals surface area contributed by atoms with Gasteiger partial charge in [-0.15, -0.1) is 0 Å². The van der Waals surface area contributed by atoms with Crippen LogP contribution in [0.3, 0.4) is 0 Å². The van der Waals surface area contributed by atoms with Crippen LogP contribution in [-0.4, -0.2) is 40.7 Å². The molecule has 0 aromatic heterocycles. The van der Waals surface area contributed by atoms with Gasteiger partial charge >= 0.3 is 12.0 Å². The van der Waals surface area contributed by atoms with Gasteiger partial charge in [0.1, 0.15) is 6.04 Å². The summed E-state index contributed by atoms with van der Waals surface area (Å²) in [4.78, 5) is 22.5. The maximum atomic E-state index is 11.6. The summed E-state index contributed by atoms with van der Waals surface area (Å²) < 4.78 is 0. The summed E-state index contributed by atoms with van der Waals surface area (Å²) in [5.74, 6) is 1.01. The summed E-state index contributed by atoms with van der Waals surface area (Å²) in [7, 11) is 0. The van der Waals surface area contributed by atoms with Gasteiger partial charge in [0, 0.05) is 11.8 Å². The van der Waals surface area contributed by atoms with Gasteiger partial charge in [-0.25, -0.2) is 9.59 Å². The van der Waals surface area contributed by atoms with Crippen molar-refractivity contribution >= 4 is 23.8 Å². The third-order valence-electron chi connectivity index (χ3n) is 2.60. The third kappa shape index (κ3) is 5.30. The van der Waals surface area contributed by atoms with E-state index in [0.717, 1.165) is 24.3 Å². The molecule has 1 saturated carbocycles. The standard InChI is InChI=1S/C11H20N2O3S/c1-3-17-6-7(2)12-11(16)13-9(10(14)15)8-4-5-8/h7-9H,3-6H2,1-2H3,(H,14,15)(H2,12,13,16). The SMILES string of the molecule is CCSCC(C)NC(=O)NC(C(=O)O)C1CC1. The third-order valence-corrected chi connectivity index (χ3v) is 3.74. The Morgan fingerprint density at radius 1 is 1.41 bits per heavy atom.